The second-order valence-electron chi connectivity index (χ2n) is 8.36. The van der Waals surface area contributed by atoms with Crippen LogP contribution in [0.3, 0.4) is 0 Å². The average Bonchev–Trinajstić information content (AvgIpc) is 3.38. The molecule has 1 aromatic carbocycles. The Labute approximate surface area is 175 Å². The van der Waals surface area contributed by atoms with E-state index < -0.39 is 0 Å². The van der Waals surface area contributed by atoms with Crippen molar-refractivity contribution in [2.24, 2.45) is 0 Å². The SMILES string of the molecule is CC(C)(C)c1noc(CCC(=O)Nc2ccc(NC(=O)NC[C@H]3CCCO3)cc2)n1. The number of amides is 3. The molecule has 2 heterocycles. The lowest BCUT2D eigenvalue weighted by Gasteiger charge is -2.12. The predicted molar refractivity (Wildman–Crippen MR) is 112 cm³/mol. The number of rotatable bonds is 7. The third-order valence-electron chi connectivity index (χ3n) is 4.65. The number of urea groups is 1. The van der Waals surface area contributed by atoms with Crippen LogP contribution in [0.25, 0.3) is 0 Å². The standard InChI is InChI=1S/C21H29N5O4/c1-21(2,3)19-25-18(30-26-19)11-10-17(27)23-14-6-8-15(9-7-14)24-20(28)22-13-16-5-4-12-29-16/h6-9,16H,4-5,10-13H2,1-3H3,(H,23,27)(H2,22,24,28)/t16-/m1/s1. The van der Waals surface area contributed by atoms with Gasteiger partial charge in [-0.3, -0.25) is 4.79 Å². The van der Waals surface area contributed by atoms with Gasteiger partial charge in [-0.15, -0.1) is 0 Å². The number of aromatic nitrogens is 2. The number of hydrogen-bond acceptors (Lipinski definition) is 6. The minimum atomic E-state index is -0.281. The van der Waals surface area contributed by atoms with Crippen LogP contribution in [0.5, 0.6) is 0 Å². The molecule has 1 aliphatic rings. The van der Waals surface area contributed by atoms with Crippen LogP contribution in [-0.2, 0) is 21.4 Å². The molecule has 0 unspecified atom stereocenters. The van der Waals surface area contributed by atoms with E-state index in [0.29, 0.717) is 36.1 Å². The molecule has 9 nitrogen and oxygen atoms in total. The van der Waals surface area contributed by atoms with E-state index >= 15 is 0 Å². The fraction of sp³-hybridized carbons (Fsp3) is 0.524. The molecule has 3 rings (SSSR count). The van der Waals surface area contributed by atoms with Crippen molar-refractivity contribution in [3.05, 3.63) is 36.0 Å². The first-order valence-electron chi connectivity index (χ1n) is 10.2. The highest BCUT2D eigenvalue weighted by molar-refractivity contribution is 5.92. The van der Waals surface area contributed by atoms with Crippen molar-refractivity contribution in [1.29, 1.82) is 0 Å². The first kappa shape index (κ1) is 21.8. The van der Waals surface area contributed by atoms with Gasteiger partial charge >= 0.3 is 6.03 Å². The number of carbonyl (C=O) groups is 2. The Balaban J connectivity index is 1.40. The van der Waals surface area contributed by atoms with Gasteiger partial charge in [-0.1, -0.05) is 25.9 Å². The van der Waals surface area contributed by atoms with Gasteiger partial charge < -0.3 is 25.2 Å². The molecule has 1 saturated heterocycles. The molecule has 0 bridgehead atoms. The highest BCUT2D eigenvalue weighted by Gasteiger charge is 2.21. The quantitative estimate of drug-likeness (QED) is 0.639. The van der Waals surface area contributed by atoms with Crippen LogP contribution < -0.4 is 16.0 Å². The lowest BCUT2D eigenvalue weighted by atomic mass is 9.96. The van der Waals surface area contributed by atoms with E-state index in [1.807, 2.05) is 20.8 Å². The number of aryl methyl sites for hydroxylation is 1. The van der Waals surface area contributed by atoms with E-state index in [1.165, 1.54) is 0 Å². The zero-order valence-corrected chi connectivity index (χ0v) is 17.7. The largest absolute Gasteiger partial charge is 0.376 e. The number of nitrogens with zero attached hydrogens (tertiary/aromatic N) is 2. The van der Waals surface area contributed by atoms with Gasteiger partial charge in [0.05, 0.1) is 6.10 Å². The molecule has 9 heteroatoms. The molecule has 3 amide bonds. The van der Waals surface area contributed by atoms with Crippen LogP contribution in [0.2, 0.25) is 0 Å². The molecule has 0 radical (unpaired) electrons. The fourth-order valence-electron chi connectivity index (χ4n) is 2.93. The first-order valence-corrected chi connectivity index (χ1v) is 10.2. The number of anilines is 2. The molecule has 1 atom stereocenters. The molecule has 1 aromatic heterocycles. The van der Waals surface area contributed by atoms with Crippen molar-refractivity contribution in [2.45, 2.75) is 58.0 Å². The van der Waals surface area contributed by atoms with Crippen LogP contribution in [0, 0.1) is 0 Å². The topological polar surface area (TPSA) is 118 Å². The van der Waals surface area contributed by atoms with Crippen molar-refractivity contribution in [3.63, 3.8) is 0 Å². The van der Waals surface area contributed by atoms with E-state index in [-0.39, 0.29) is 29.9 Å². The van der Waals surface area contributed by atoms with Gasteiger partial charge in [0, 0.05) is 42.8 Å². The molecule has 0 aliphatic carbocycles. The van der Waals surface area contributed by atoms with Gasteiger partial charge in [-0.2, -0.15) is 4.98 Å². The molecule has 30 heavy (non-hydrogen) atoms. The second kappa shape index (κ2) is 9.71. The Morgan fingerprint density at radius 1 is 1.13 bits per heavy atom. The maximum Gasteiger partial charge on any atom is 0.319 e. The van der Waals surface area contributed by atoms with Crippen molar-refractivity contribution < 1.29 is 18.8 Å². The number of carbonyl (C=O) groups excluding carboxylic acids is 2. The van der Waals surface area contributed by atoms with E-state index in [1.54, 1.807) is 24.3 Å². The maximum absolute atomic E-state index is 12.2. The minimum Gasteiger partial charge on any atom is -0.376 e. The Bertz CT molecular complexity index is 851. The minimum absolute atomic E-state index is 0.0977. The molecule has 0 saturated carbocycles. The summed E-state index contributed by atoms with van der Waals surface area (Å²) in [6.45, 7) is 7.26. The highest BCUT2D eigenvalue weighted by Crippen LogP contribution is 2.19. The highest BCUT2D eigenvalue weighted by atomic mass is 16.5. The fourth-order valence-corrected chi connectivity index (χ4v) is 2.93. The summed E-state index contributed by atoms with van der Waals surface area (Å²) in [5.41, 5.74) is 1.09. The van der Waals surface area contributed by atoms with Gasteiger partial charge in [0.25, 0.3) is 0 Å². The van der Waals surface area contributed by atoms with Gasteiger partial charge in [0.1, 0.15) is 0 Å². The molecule has 162 valence electrons. The molecule has 2 aromatic rings. The van der Waals surface area contributed by atoms with Crippen LogP contribution >= 0.6 is 0 Å². The zero-order valence-electron chi connectivity index (χ0n) is 17.7. The number of hydrogen-bond donors (Lipinski definition) is 3. The smallest absolute Gasteiger partial charge is 0.319 e. The van der Waals surface area contributed by atoms with Crippen LogP contribution in [0.1, 0.15) is 51.7 Å². The Morgan fingerprint density at radius 3 is 2.43 bits per heavy atom. The van der Waals surface area contributed by atoms with Gasteiger partial charge in [0.15, 0.2) is 5.82 Å². The molecule has 1 aliphatic heterocycles. The van der Waals surface area contributed by atoms with E-state index in [2.05, 4.69) is 26.1 Å². The second-order valence-corrected chi connectivity index (χ2v) is 8.36. The predicted octanol–water partition coefficient (Wildman–Crippen LogP) is 3.24. The summed E-state index contributed by atoms with van der Waals surface area (Å²) in [7, 11) is 0. The number of ether oxygens (including phenoxy) is 1. The summed E-state index contributed by atoms with van der Waals surface area (Å²) in [5, 5.41) is 12.3. The Kier molecular flexibility index (Phi) is 7.04. The molecule has 1 fully saturated rings. The first-order chi connectivity index (χ1) is 14.3. The Morgan fingerprint density at radius 2 is 1.83 bits per heavy atom. The molecule has 0 spiro atoms. The number of benzene rings is 1. The summed E-state index contributed by atoms with van der Waals surface area (Å²) in [6, 6.07) is 6.65. The lowest BCUT2D eigenvalue weighted by molar-refractivity contribution is -0.116. The normalized spacial score (nSPS) is 16.3. The van der Waals surface area contributed by atoms with E-state index in [4.69, 9.17) is 9.26 Å². The van der Waals surface area contributed by atoms with Gasteiger partial charge in [0.2, 0.25) is 11.8 Å². The molecular weight excluding hydrogens is 386 g/mol. The van der Waals surface area contributed by atoms with Crippen molar-refractivity contribution in [1.82, 2.24) is 15.5 Å². The van der Waals surface area contributed by atoms with Crippen LogP contribution in [0.4, 0.5) is 16.2 Å². The zero-order chi connectivity index (χ0) is 21.6. The van der Waals surface area contributed by atoms with Crippen LogP contribution in [0.15, 0.2) is 28.8 Å². The summed E-state index contributed by atoms with van der Waals surface area (Å²) < 4.78 is 10.7. The Hall–Kier alpha value is -2.94. The van der Waals surface area contributed by atoms with E-state index in [9.17, 15) is 9.59 Å². The third kappa shape index (κ3) is 6.55. The monoisotopic (exact) mass is 415 g/mol. The third-order valence-corrected chi connectivity index (χ3v) is 4.65. The number of nitrogens with one attached hydrogen (secondary N) is 3. The summed E-state index contributed by atoms with van der Waals surface area (Å²) in [4.78, 5) is 28.4. The summed E-state index contributed by atoms with van der Waals surface area (Å²) in [6.07, 6.45) is 2.71. The van der Waals surface area contributed by atoms with Gasteiger partial charge in [-0.25, -0.2) is 4.79 Å². The van der Waals surface area contributed by atoms with Gasteiger partial charge in [-0.05, 0) is 37.1 Å². The van der Waals surface area contributed by atoms with Crippen molar-refractivity contribution in [2.75, 3.05) is 23.8 Å². The molecular formula is C21H29N5O4. The summed E-state index contributed by atoms with van der Waals surface area (Å²) in [5.74, 6) is 0.921. The van der Waals surface area contributed by atoms with Crippen molar-refractivity contribution >= 4 is 23.3 Å². The average molecular weight is 415 g/mol. The lowest BCUT2D eigenvalue weighted by Crippen LogP contribution is -2.35. The van der Waals surface area contributed by atoms with E-state index in [0.717, 1.165) is 19.4 Å². The summed E-state index contributed by atoms with van der Waals surface area (Å²) >= 11 is 0. The molecule has 3 N–H and O–H groups in total. The van der Waals surface area contributed by atoms with Crippen molar-refractivity contribution in [3.8, 4) is 0 Å². The maximum atomic E-state index is 12.2. The van der Waals surface area contributed by atoms with Crippen LogP contribution in [-0.4, -0.2) is 41.3 Å².